The van der Waals surface area contributed by atoms with Crippen LogP contribution in [0.15, 0.2) is 0 Å². The van der Waals surface area contributed by atoms with Crippen molar-refractivity contribution in [3.05, 3.63) is 0 Å². The third kappa shape index (κ3) is 3.99. The number of alkyl halides is 3. The molecule has 1 unspecified atom stereocenters. The molecule has 0 aliphatic carbocycles. The zero-order valence-corrected chi connectivity index (χ0v) is 11.7. The maximum Gasteiger partial charge on any atom is 0.417 e. The van der Waals surface area contributed by atoms with Crippen LogP contribution in [0, 0.1) is 0 Å². The van der Waals surface area contributed by atoms with Crippen LogP contribution >= 0.6 is 0 Å². The average Bonchev–Trinajstić information content (AvgIpc) is 2.37. The number of amides is 2. The number of aliphatic hydroxyl groups is 1. The minimum Gasteiger partial charge on any atom is -0.383 e. The topological polar surface area (TPSA) is 61.8 Å². The van der Waals surface area contributed by atoms with Crippen molar-refractivity contribution >= 4 is 6.03 Å². The van der Waals surface area contributed by atoms with E-state index in [2.05, 4.69) is 5.32 Å². The largest absolute Gasteiger partial charge is 0.417 e. The number of carbonyl (C=O) groups is 1. The van der Waals surface area contributed by atoms with E-state index in [0.29, 0.717) is 13.0 Å². The number of rotatable bonds is 4. The summed E-state index contributed by atoms with van der Waals surface area (Å²) in [5.41, 5.74) is -2.68. The smallest absolute Gasteiger partial charge is 0.383 e. The first kappa shape index (κ1) is 17.0. The Bertz CT molecular complexity index is 328. The van der Waals surface area contributed by atoms with Gasteiger partial charge < -0.3 is 20.1 Å². The highest BCUT2D eigenvalue weighted by Gasteiger charge is 2.54. The lowest BCUT2D eigenvalue weighted by Crippen LogP contribution is -2.56. The Balaban J connectivity index is 2.51. The molecule has 1 heterocycles. The lowest BCUT2D eigenvalue weighted by atomic mass is 9.91. The number of halogens is 3. The van der Waals surface area contributed by atoms with E-state index in [4.69, 9.17) is 4.74 Å². The summed E-state index contributed by atoms with van der Waals surface area (Å²) in [6.07, 6.45) is -4.98. The summed E-state index contributed by atoms with van der Waals surface area (Å²) in [5, 5.41) is 12.2. The third-order valence-electron chi connectivity index (χ3n) is 3.59. The molecule has 1 atom stereocenters. The summed E-state index contributed by atoms with van der Waals surface area (Å²) >= 11 is 0. The second-order valence-electron chi connectivity index (χ2n) is 5.03. The van der Waals surface area contributed by atoms with Gasteiger partial charge in [-0.3, -0.25) is 0 Å². The lowest BCUT2D eigenvalue weighted by molar-refractivity contribution is -0.271. The van der Waals surface area contributed by atoms with Crippen molar-refractivity contribution < 1.29 is 27.8 Å². The first-order chi connectivity index (χ1) is 9.23. The molecular formula is C12H21F3N2O3. The summed E-state index contributed by atoms with van der Waals surface area (Å²) in [6, 6.07) is -0.589. The van der Waals surface area contributed by atoms with Crippen LogP contribution in [-0.2, 0) is 4.74 Å². The van der Waals surface area contributed by atoms with Crippen molar-refractivity contribution in [2.24, 2.45) is 0 Å². The van der Waals surface area contributed by atoms with Crippen molar-refractivity contribution in [1.29, 1.82) is 0 Å². The summed E-state index contributed by atoms with van der Waals surface area (Å²) in [7, 11) is 1.51. The van der Waals surface area contributed by atoms with Crippen LogP contribution in [0.2, 0.25) is 0 Å². The zero-order valence-electron chi connectivity index (χ0n) is 11.7. The van der Waals surface area contributed by atoms with Crippen molar-refractivity contribution in [2.75, 3.05) is 26.8 Å². The van der Waals surface area contributed by atoms with E-state index in [1.165, 1.54) is 12.0 Å². The van der Waals surface area contributed by atoms with Gasteiger partial charge in [0.25, 0.3) is 0 Å². The van der Waals surface area contributed by atoms with Gasteiger partial charge in [-0.1, -0.05) is 6.92 Å². The average molecular weight is 298 g/mol. The number of urea groups is 1. The minimum absolute atomic E-state index is 0.120. The number of nitrogens with one attached hydrogen (secondary N) is 1. The Hall–Kier alpha value is -1.02. The molecule has 0 bridgehead atoms. The quantitative estimate of drug-likeness (QED) is 0.827. The van der Waals surface area contributed by atoms with Gasteiger partial charge in [0.2, 0.25) is 0 Å². The van der Waals surface area contributed by atoms with Gasteiger partial charge in [-0.2, -0.15) is 13.2 Å². The molecule has 20 heavy (non-hydrogen) atoms. The molecule has 0 radical (unpaired) electrons. The van der Waals surface area contributed by atoms with Crippen molar-refractivity contribution in [2.45, 2.75) is 44.0 Å². The van der Waals surface area contributed by atoms with Gasteiger partial charge >= 0.3 is 12.2 Å². The molecule has 5 nitrogen and oxygen atoms in total. The van der Waals surface area contributed by atoms with Gasteiger partial charge in [0.05, 0.1) is 12.6 Å². The molecule has 1 aliphatic heterocycles. The number of hydrogen-bond acceptors (Lipinski definition) is 3. The summed E-state index contributed by atoms with van der Waals surface area (Å²) in [4.78, 5) is 13.2. The first-order valence-electron chi connectivity index (χ1n) is 6.57. The standard InChI is InChI=1S/C12H21F3N2O3/c1-3-9(8-20-2)16-10(18)17-6-4-11(19,5-7-17)12(13,14)15/h9,19H,3-8H2,1-2H3,(H,16,18). The fraction of sp³-hybridized carbons (Fsp3) is 0.917. The molecule has 0 aromatic heterocycles. The Morgan fingerprint density at radius 2 is 2.00 bits per heavy atom. The third-order valence-corrected chi connectivity index (χ3v) is 3.59. The van der Waals surface area contributed by atoms with Crippen LogP contribution in [-0.4, -0.2) is 60.7 Å². The summed E-state index contributed by atoms with van der Waals surface area (Å²) < 4.78 is 42.8. The van der Waals surface area contributed by atoms with Gasteiger partial charge in [0.1, 0.15) is 0 Å². The predicted octanol–water partition coefficient (Wildman–Crippen LogP) is 1.51. The Morgan fingerprint density at radius 3 is 2.40 bits per heavy atom. The molecular weight excluding hydrogens is 277 g/mol. The Kier molecular flexibility index (Phi) is 5.64. The Morgan fingerprint density at radius 1 is 1.45 bits per heavy atom. The molecule has 1 aliphatic rings. The molecule has 0 aromatic rings. The zero-order chi connectivity index (χ0) is 15.4. The van der Waals surface area contributed by atoms with Crippen LogP contribution in [0.3, 0.4) is 0 Å². The van der Waals surface area contributed by atoms with E-state index in [1.54, 1.807) is 0 Å². The second-order valence-corrected chi connectivity index (χ2v) is 5.03. The number of likely N-dealkylation sites (tertiary alicyclic amines) is 1. The lowest BCUT2D eigenvalue weighted by Gasteiger charge is -2.39. The van der Waals surface area contributed by atoms with Crippen LogP contribution < -0.4 is 5.32 Å². The number of carbonyl (C=O) groups excluding carboxylic acids is 1. The van der Waals surface area contributed by atoms with Crippen LogP contribution in [0.25, 0.3) is 0 Å². The Labute approximate surface area is 116 Å². The highest BCUT2D eigenvalue weighted by molar-refractivity contribution is 5.74. The molecule has 2 amide bonds. The fourth-order valence-corrected chi connectivity index (χ4v) is 2.09. The van der Waals surface area contributed by atoms with Gasteiger partial charge in [-0.15, -0.1) is 0 Å². The van der Waals surface area contributed by atoms with Crippen molar-refractivity contribution in [3.63, 3.8) is 0 Å². The summed E-state index contributed by atoms with van der Waals surface area (Å²) in [6.45, 7) is 1.99. The van der Waals surface area contributed by atoms with Crippen molar-refractivity contribution in [1.82, 2.24) is 10.2 Å². The van der Waals surface area contributed by atoms with Crippen LogP contribution in [0.1, 0.15) is 26.2 Å². The second kappa shape index (κ2) is 6.62. The summed E-state index contributed by atoms with van der Waals surface area (Å²) in [5.74, 6) is 0. The van der Waals surface area contributed by atoms with E-state index < -0.39 is 30.7 Å². The van der Waals surface area contributed by atoms with E-state index in [1.807, 2.05) is 6.92 Å². The number of hydrogen-bond donors (Lipinski definition) is 2. The number of piperidine rings is 1. The van der Waals surface area contributed by atoms with Crippen LogP contribution in [0.4, 0.5) is 18.0 Å². The SMILES string of the molecule is CCC(COC)NC(=O)N1CCC(O)(C(F)(F)F)CC1. The van der Waals surface area contributed by atoms with Gasteiger partial charge in [0.15, 0.2) is 5.60 Å². The molecule has 1 saturated heterocycles. The van der Waals surface area contributed by atoms with Crippen LogP contribution in [0.5, 0.6) is 0 Å². The normalized spacial score (nSPS) is 20.6. The van der Waals surface area contributed by atoms with Gasteiger partial charge in [-0.25, -0.2) is 4.79 Å². The van der Waals surface area contributed by atoms with E-state index in [-0.39, 0.29) is 19.1 Å². The molecule has 0 saturated carbocycles. The van der Waals surface area contributed by atoms with E-state index >= 15 is 0 Å². The molecule has 118 valence electrons. The van der Waals surface area contributed by atoms with E-state index in [0.717, 1.165) is 0 Å². The predicted molar refractivity (Wildman–Crippen MR) is 66.3 cm³/mol. The molecule has 0 aromatic carbocycles. The maximum atomic E-state index is 12.6. The van der Waals surface area contributed by atoms with Gasteiger partial charge in [-0.05, 0) is 6.42 Å². The monoisotopic (exact) mass is 298 g/mol. The van der Waals surface area contributed by atoms with Gasteiger partial charge in [0, 0.05) is 33.0 Å². The molecule has 0 spiro atoms. The number of nitrogens with zero attached hydrogens (tertiary/aromatic N) is 1. The molecule has 8 heteroatoms. The highest BCUT2D eigenvalue weighted by Crippen LogP contribution is 2.38. The highest BCUT2D eigenvalue weighted by atomic mass is 19.4. The minimum atomic E-state index is -4.66. The first-order valence-corrected chi connectivity index (χ1v) is 6.57. The van der Waals surface area contributed by atoms with Crippen molar-refractivity contribution in [3.8, 4) is 0 Å². The molecule has 2 N–H and O–H groups in total. The number of methoxy groups -OCH3 is 1. The molecule has 1 fully saturated rings. The number of ether oxygens (including phenoxy) is 1. The van der Waals surface area contributed by atoms with E-state index in [9.17, 15) is 23.1 Å². The fourth-order valence-electron chi connectivity index (χ4n) is 2.09. The maximum absolute atomic E-state index is 12.6. The molecule has 1 rings (SSSR count).